The molecule has 0 bridgehead atoms. The molecular weight excluding hydrogens is 550 g/mol. The molecule has 0 saturated heterocycles. The molecule has 7 heteroatoms. The third kappa shape index (κ3) is 30.1. The van der Waals surface area contributed by atoms with Crippen molar-refractivity contribution in [2.24, 2.45) is 11.8 Å². The molecule has 3 amide bonds. The molecular formula is C37H61N3O4. The summed E-state index contributed by atoms with van der Waals surface area (Å²) in [4.78, 5) is 36.5. The first-order valence-electron chi connectivity index (χ1n) is 16.4. The lowest BCUT2D eigenvalue weighted by Crippen LogP contribution is -2.38. The Balaban J connectivity index is 3.95. The molecule has 0 saturated carbocycles. The Labute approximate surface area is 268 Å². The monoisotopic (exact) mass is 611 g/mol. The number of rotatable bonds is 23. The zero-order chi connectivity index (χ0) is 32.9. The van der Waals surface area contributed by atoms with Crippen LogP contribution < -0.4 is 16.0 Å². The summed E-state index contributed by atoms with van der Waals surface area (Å²) >= 11 is 0. The Bertz CT molecular complexity index is 952. The minimum atomic E-state index is -0.563. The molecule has 0 fully saturated rings. The van der Waals surface area contributed by atoms with Gasteiger partial charge in [0.15, 0.2) is 0 Å². The highest BCUT2D eigenvalue weighted by atomic mass is 16.6. The van der Waals surface area contributed by atoms with Gasteiger partial charge in [0.25, 0.3) is 0 Å². The number of carbonyl (C=O) groups excluding carboxylic acids is 3. The van der Waals surface area contributed by atoms with Crippen LogP contribution in [0.25, 0.3) is 0 Å². The number of carbonyl (C=O) groups is 3. The second kappa shape index (κ2) is 27.2. The summed E-state index contributed by atoms with van der Waals surface area (Å²) in [6, 6.07) is 0. The normalized spacial score (nSPS) is 13.3. The predicted molar refractivity (Wildman–Crippen MR) is 185 cm³/mol. The maximum atomic E-state index is 12.4. The number of nitrogens with one attached hydrogen (secondary N) is 3. The fraction of sp³-hybridized carbons (Fsp3) is 0.595. The van der Waals surface area contributed by atoms with Crippen LogP contribution in [0.5, 0.6) is 0 Å². The van der Waals surface area contributed by atoms with E-state index in [0.717, 1.165) is 44.9 Å². The van der Waals surface area contributed by atoms with E-state index in [1.807, 2.05) is 26.8 Å². The number of hydrogen-bond donors (Lipinski definition) is 3. The van der Waals surface area contributed by atoms with Crippen molar-refractivity contribution >= 4 is 17.9 Å². The van der Waals surface area contributed by atoms with Crippen molar-refractivity contribution in [3.63, 3.8) is 0 Å². The standard InChI is InChI=1S/C37H61N3O4/c1-7-8-9-10-11-12-13-14-15-16-17-18-19-20-21-22-23-24-25-26-34(41)38-27-28-39-35(42)30-33(29-32(2)3)31-40-36(43)44-37(4,5)6/h8-9,11-12,14-15,17-18,20-21,23-24,32-33H,7,10,13,16,19,22,25-31H2,1-6H3,(H,38,41)(H,39,42)(H,40,43)/b9-8-,12-11-,15-14-,18-17-,21-20-,24-23-/t33-/m0/s1. The van der Waals surface area contributed by atoms with Gasteiger partial charge in [-0.25, -0.2) is 4.79 Å². The number of ether oxygens (including phenoxy) is 1. The summed E-state index contributed by atoms with van der Waals surface area (Å²) < 4.78 is 5.29. The van der Waals surface area contributed by atoms with Gasteiger partial charge in [-0.3, -0.25) is 9.59 Å². The summed E-state index contributed by atoms with van der Waals surface area (Å²) in [6.07, 6.45) is 33.5. The van der Waals surface area contributed by atoms with E-state index in [1.165, 1.54) is 0 Å². The lowest BCUT2D eigenvalue weighted by atomic mass is 9.94. The van der Waals surface area contributed by atoms with Gasteiger partial charge in [-0.1, -0.05) is 93.7 Å². The van der Waals surface area contributed by atoms with Crippen LogP contribution in [0.2, 0.25) is 0 Å². The molecule has 3 N–H and O–H groups in total. The summed E-state index contributed by atoms with van der Waals surface area (Å²) in [7, 11) is 0. The van der Waals surface area contributed by atoms with Crippen molar-refractivity contribution in [2.45, 2.75) is 111 Å². The van der Waals surface area contributed by atoms with Gasteiger partial charge in [0.05, 0.1) is 0 Å². The number of alkyl carbamates (subject to hydrolysis) is 1. The number of amides is 3. The summed E-state index contributed by atoms with van der Waals surface area (Å²) in [6.45, 7) is 12.9. The van der Waals surface area contributed by atoms with Crippen molar-refractivity contribution in [3.8, 4) is 0 Å². The van der Waals surface area contributed by atoms with E-state index < -0.39 is 11.7 Å². The summed E-state index contributed by atoms with van der Waals surface area (Å²) in [5.74, 6) is 0.291. The molecule has 1 atom stereocenters. The van der Waals surface area contributed by atoms with E-state index in [4.69, 9.17) is 4.74 Å². The molecule has 0 aliphatic rings. The maximum absolute atomic E-state index is 12.4. The van der Waals surface area contributed by atoms with Gasteiger partial charge in [0, 0.05) is 32.5 Å². The predicted octanol–water partition coefficient (Wildman–Crippen LogP) is 8.27. The average molecular weight is 612 g/mol. The van der Waals surface area contributed by atoms with Gasteiger partial charge in [0.2, 0.25) is 11.8 Å². The van der Waals surface area contributed by atoms with E-state index in [1.54, 1.807) is 0 Å². The fourth-order valence-corrected chi connectivity index (χ4v) is 4.13. The van der Waals surface area contributed by atoms with Crippen LogP contribution in [0.1, 0.15) is 106 Å². The molecule has 248 valence electrons. The highest BCUT2D eigenvalue weighted by Gasteiger charge is 2.20. The van der Waals surface area contributed by atoms with Crippen LogP contribution >= 0.6 is 0 Å². The van der Waals surface area contributed by atoms with Crippen LogP contribution in [-0.4, -0.2) is 43.1 Å². The first kappa shape index (κ1) is 40.6. The molecule has 0 rings (SSSR count). The third-order valence-corrected chi connectivity index (χ3v) is 6.12. The lowest BCUT2D eigenvalue weighted by molar-refractivity contribution is -0.123. The second-order valence-corrected chi connectivity index (χ2v) is 12.2. The number of allylic oxidation sites excluding steroid dienone is 12. The summed E-state index contributed by atoms with van der Waals surface area (Å²) in [5, 5.41) is 8.49. The van der Waals surface area contributed by atoms with Crippen LogP contribution in [0.3, 0.4) is 0 Å². The van der Waals surface area contributed by atoms with E-state index in [0.29, 0.717) is 44.8 Å². The Morgan fingerprint density at radius 3 is 1.57 bits per heavy atom. The molecule has 0 unspecified atom stereocenters. The number of hydrogen-bond acceptors (Lipinski definition) is 4. The van der Waals surface area contributed by atoms with Gasteiger partial charge in [0.1, 0.15) is 5.60 Å². The largest absolute Gasteiger partial charge is 0.444 e. The topological polar surface area (TPSA) is 96.5 Å². The van der Waals surface area contributed by atoms with Crippen LogP contribution in [0.4, 0.5) is 4.79 Å². The van der Waals surface area contributed by atoms with Gasteiger partial charge in [-0.2, -0.15) is 0 Å². The zero-order valence-electron chi connectivity index (χ0n) is 28.4. The van der Waals surface area contributed by atoms with Crippen molar-refractivity contribution in [1.82, 2.24) is 16.0 Å². The van der Waals surface area contributed by atoms with Crippen molar-refractivity contribution in [3.05, 3.63) is 72.9 Å². The van der Waals surface area contributed by atoms with Gasteiger partial charge in [-0.05, 0) is 84.0 Å². The molecule has 44 heavy (non-hydrogen) atoms. The SMILES string of the molecule is CC/C=C\C/C=C\C/C=C\C/C=C\C/C=C\C/C=C\CCC(=O)NCCNC(=O)C[C@@H](CNC(=O)OC(C)(C)C)CC(C)C. The van der Waals surface area contributed by atoms with E-state index >= 15 is 0 Å². The van der Waals surface area contributed by atoms with Crippen molar-refractivity contribution in [1.29, 1.82) is 0 Å². The van der Waals surface area contributed by atoms with Gasteiger partial charge >= 0.3 is 6.09 Å². The first-order chi connectivity index (χ1) is 21.0. The Morgan fingerprint density at radius 2 is 1.11 bits per heavy atom. The molecule has 0 heterocycles. The molecule has 0 spiro atoms. The van der Waals surface area contributed by atoms with Gasteiger partial charge < -0.3 is 20.7 Å². The molecule has 0 aromatic heterocycles. The molecule has 0 aliphatic carbocycles. The lowest BCUT2D eigenvalue weighted by Gasteiger charge is -2.22. The van der Waals surface area contributed by atoms with Gasteiger partial charge in [-0.15, -0.1) is 0 Å². The second-order valence-electron chi connectivity index (χ2n) is 12.2. The van der Waals surface area contributed by atoms with E-state index in [-0.39, 0.29) is 17.7 Å². The van der Waals surface area contributed by atoms with E-state index in [9.17, 15) is 14.4 Å². The maximum Gasteiger partial charge on any atom is 0.407 e. The zero-order valence-corrected chi connectivity index (χ0v) is 28.4. The molecule has 0 aliphatic heterocycles. The average Bonchev–Trinajstić information content (AvgIpc) is 2.94. The Morgan fingerprint density at radius 1 is 0.659 bits per heavy atom. The highest BCUT2D eigenvalue weighted by molar-refractivity contribution is 5.77. The van der Waals surface area contributed by atoms with Crippen molar-refractivity contribution < 1.29 is 19.1 Å². The van der Waals surface area contributed by atoms with E-state index in [2.05, 4.69) is 104 Å². The summed E-state index contributed by atoms with van der Waals surface area (Å²) in [5.41, 5.74) is -0.563. The molecule has 0 aromatic rings. The first-order valence-corrected chi connectivity index (χ1v) is 16.4. The van der Waals surface area contributed by atoms with Crippen LogP contribution in [-0.2, 0) is 14.3 Å². The quantitative estimate of drug-likeness (QED) is 0.0800. The molecule has 0 aromatic carbocycles. The smallest absolute Gasteiger partial charge is 0.407 e. The minimum Gasteiger partial charge on any atom is -0.444 e. The Hall–Kier alpha value is -3.35. The highest BCUT2D eigenvalue weighted by Crippen LogP contribution is 2.15. The van der Waals surface area contributed by atoms with Crippen LogP contribution in [0, 0.1) is 11.8 Å². The third-order valence-electron chi connectivity index (χ3n) is 6.12. The minimum absolute atomic E-state index is 0.0125. The molecule has 0 radical (unpaired) electrons. The van der Waals surface area contributed by atoms with Crippen LogP contribution in [0.15, 0.2) is 72.9 Å². The Kier molecular flexibility index (Phi) is 25.1. The van der Waals surface area contributed by atoms with Crippen molar-refractivity contribution in [2.75, 3.05) is 19.6 Å². The molecule has 7 nitrogen and oxygen atoms in total. The fourth-order valence-electron chi connectivity index (χ4n) is 4.13.